The van der Waals surface area contributed by atoms with Gasteiger partial charge in [0.25, 0.3) is 0 Å². The summed E-state index contributed by atoms with van der Waals surface area (Å²) < 4.78 is 29.0. The summed E-state index contributed by atoms with van der Waals surface area (Å²) in [5.74, 6) is 3.38. The molecule has 0 aromatic heterocycles. The molecule has 3 aliphatic rings. The molecule has 0 amide bonds. The molecule has 0 aromatic rings. The summed E-state index contributed by atoms with van der Waals surface area (Å²) in [4.78, 5) is 7.18. The molecule has 3 heterocycles. The van der Waals surface area contributed by atoms with Gasteiger partial charge in [-0.05, 0) is 32.6 Å². The molecule has 2 atom stereocenters. The number of sulfone groups is 1. The van der Waals surface area contributed by atoms with Crippen LogP contribution in [0.3, 0.4) is 0 Å². The lowest BCUT2D eigenvalue weighted by molar-refractivity contribution is 0.186. The van der Waals surface area contributed by atoms with Crippen molar-refractivity contribution in [2.45, 2.75) is 31.4 Å². The van der Waals surface area contributed by atoms with Gasteiger partial charge in [0.2, 0.25) is 0 Å². The number of aliphatic imine (C=N–C) groups is 1. The molecule has 25 heavy (non-hydrogen) atoms. The summed E-state index contributed by atoms with van der Waals surface area (Å²) >= 11 is 2.00. The highest BCUT2D eigenvalue weighted by Crippen LogP contribution is 2.29. The van der Waals surface area contributed by atoms with Gasteiger partial charge in [-0.15, -0.1) is 0 Å². The summed E-state index contributed by atoms with van der Waals surface area (Å²) in [7, 11) is -2.84. The van der Waals surface area contributed by atoms with Crippen molar-refractivity contribution in [2.75, 3.05) is 56.7 Å². The molecule has 0 aliphatic carbocycles. The zero-order chi connectivity index (χ0) is 17.9. The first-order valence-electron chi connectivity index (χ1n) is 9.28. The van der Waals surface area contributed by atoms with Crippen LogP contribution in [0.4, 0.5) is 0 Å². The minimum atomic E-state index is -2.84. The lowest BCUT2D eigenvalue weighted by atomic mass is 10.1. The first kappa shape index (κ1) is 19.3. The van der Waals surface area contributed by atoms with Gasteiger partial charge in [-0.25, -0.2) is 8.42 Å². The molecule has 1 N–H and O–H groups in total. The first-order valence-corrected chi connectivity index (χ1v) is 12.1. The third kappa shape index (κ3) is 5.76. The van der Waals surface area contributed by atoms with Crippen LogP contribution >= 0.6 is 11.8 Å². The summed E-state index contributed by atoms with van der Waals surface area (Å²) in [5.41, 5.74) is 0. The fourth-order valence-corrected chi connectivity index (χ4v) is 6.64. The molecule has 0 saturated carbocycles. The quantitative estimate of drug-likeness (QED) is 0.576. The molecule has 0 radical (unpaired) electrons. The van der Waals surface area contributed by atoms with E-state index in [9.17, 15) is 8.42 Å². The van der Waals surface area contributed by atoms with Crippen molar-refractivity contribution in [1.82, 2.24) is 10.2 Å². The van der Waals surface area contributed by atoms with Crippen LogP contribution in [0.25, 0.3) is 0 Å². The number of nitrogens with zero attached hydrogens (tertiary/aromatic N) is 2. The largest absolute Gasteiger partial charge is 0.381 e. The molecule has 144 valence electrons. The Hall–Kier alpha value is -0.470. The van der Waals surface area contributed by atoms with Crippen LogP contribution < -0.4 is 5.32 Å². The highest BCUT2D eigenvalue weighted by molar-refractivity contribution is 8.00. The maximum atomic E-state index is 11.7. The SMILES string of the molecule is CC1(C)CN(C(=NCC2CCS(=O)(=O)C2)NCC2CCOC2)CCS1. The molecular weight excluding hydrogens is 358 g/mol. The van der Waals surface area contributed by atoms with Gasteiger partial charge in [-0.2, -0.15) is 11.8 Å². The van der Waals surface area contributed by atoms with Crippen molar-refractivity contribution in [1.29, 1.82) is 0 Å². The predicted octanol–water partition coefficient (Wildman–Crippen LogP) is 1.23. The van der Waals surface area contributed by atoms with E-state index in [1.807, 2.05) is 11.8 Å². The monoisotopic (exact) mass is 389 g/mol. The zero-order valence-corrected chi connectivity index (χ0v) is 17.0. The Morgan fingerprint density at radius 1 is 1.36 bits per heavy atom. The van der Waals surface area contributed by atoms with Gasteiger partial charge < -0.3 is 15.0 Å². The van der Waals surface area contributed by atoms with E-state index in [2.05, 4.69) is 24.1 Å². The lowest BCUT2D eigenvalue weighted by Gasteiger charge is -2.39. The second-order valence-corrected chi connectivity index (χ2v) is 12.1. The van der Waals surface area contributed by atoms with Gasteiger partial charge in [0, 0.05) is 49.2 Å². The van der Waals surface area contributed by atoms with E-state index in [1.165, 1.54) is 0 Å². The fourth-order valence-electron chi connectivity index (χ4n) is 3.68. The smallest absolute Gasteiger partial charge is 0.194 e. The van der Waals surface area contributed by atoms with E-state index in [1.54, 1.807) is 0 Å². The molecule has 2 unspecified atom stereocenters. The van der Waals surface area contributed by atoms with Gasteiger partial charge >= 0.3 is 0 Å². The Bertz CT molecular complexity index is 586. The van der Waals surface area contributed by atoms with Crippen LogP contribution in [0.15, 0.2) is 4.99 Å². The van der Waals surface area contributed by atoms with E-state index in [0.29, 0.717) is 24.0 Å². The predicted molar refractivity (Wildman–Crippen MR) is 104 cm³/mol. The number of guanidine groups is 1. The molecule has 3 saturated heterocycles. The summed E-state index contributed by atoms with van der Waals surface area (Å²) in [6.45, 7) is 9.66. The van der Waals surface area contributed by atoms with Crippen LogP contribution in [0, 0.1) is 11.8 Å². The second-order valence-electron chi connectivity index (χ2n) is 8.07. The number of hydrogen-bond donors (Lipinski definition) is 1. The maximum Gasteiger partial charge on any atom is 0.194 e. The van der Waals surface area contributed by atoms with Crippen molar-refractivity contribution >= 4 is 27.6 Å². The Kier molecular flexibility index (Phi) is 6.21. The molecular formula is C17H31N3O3S2. The molecule has 6 nitrogen and oxygen atoms in total. The van der Waals surface area contributed by atoms with Crippen molar-refractivity contribution in [3.05, 3.63) is 0 Å². The van der Waals surface area contributed by atoms with Crippen LogP contribution in [0.1, 0.15) is 26.7 Å². The summed E-state index contributed by atoms with van der Waals surface area (Å²) in [6, 6.07) is 0. The van der Waals surface area contributed by atoms with E-state index < -0.39 is 9.84 Å². The zero-order valence-electron chi connectivity index (χ0n) is 15.4. The Balaban J connectivity index is 1.63. The number of hydrogen-bond acceptors (Lipinski definition) is 5. The van der Waals surface area contributed by atoms with Crippen LogP contribution in [0.5, 0.6) is 0 Å². The topological polar surface area (TPSA) is 71.0 Å². The standard InChI is InChI=1S/C17H31N3O3S2/c1-17(2)13-20(5-7-24-17)16(18-9-14-3-6-23-11-14)19-10-15-4-8-25(21,22)12-15/h14-15H,3-13H2,1-2H3,(H,18,19). The van der Waals surface area contributed by atoms with Gasteiger partial charge in [0.1, 0.15) is 0 Å². The average molecular weight is 390 g/mol. The Labute approximate surface area is 156 Å². The third-order valence-corrected chi connectivity index (χ3v) is 8.26. The van der Waals surface area contributed by atoms with Gasteiger partial charge in [0.15, 0.2) is 15.8 Å². The first-order chi connectivity index (χ1) is 11.8. The van der Waals surface area contributed by atoms with E-state index in [4.69, 9.17) is 9.73 Å². The van der Waals surface area contributed by atoms with Crippen molar-refractivity contribution < 1.29 is 13.2 Å². The van der Waals surface area contributed by atoms with Gasteiger partial charge in [0.05, 0.1) is 18.1 Å². The highest BCUT2D eigenvalue weighted by atomic mass is 32.2. The summed E-state index contributed by atoms with van der Waals surface area (Å²) in [6.07, 6.45) is 1.85. The maximum absolute atomic E-state index is 11.7. The van der Waals surface area contributed by atoms with Crippen LogP contribution in [0.2, 0.25) is 0 Å². The van der Waals surface area contributed by atoms with Crippen molar-refractivity contribution in [3.63, 3.8) is 0 Å². The minimum Gasteiger partial charge on any atom is -0.381 e. The van der Waals surface area contributed by atoms with Crippen molar-refractivity contribution in [2.24, 2.45) is 16.8 Å². The number of ether oxygens (including phenoxy) is 1. The molecule has 0 bridgehead atoms. The average Bonchev–Trinajstić information content (AvgIpc) is 3.15. The van der Waals surface area contributed by atoms with E-state index in [0.717, 1.165) is 57.4 Å². The van der Waals surface area contributed by atoms with Crippen molar-refractivity contribution in [3.8, 4) is 0 Å². The molecule has 8 heteroatoms. The molecule has 3 rings (SSSR count). The number of nitrogens with one attached hydrogen (secondary N) is 1. The molecule has 0 spiro atoms. The van der Waals surface area contributed by atoms with Gasteiger partial charge in [-0.3, -0.25) is 4.99 Å². The highest BCUT2D eigenvalue weighted by Gasteiger charge is 2.31. The second kappa shape index (κ2) is 8.05. The van der Waals surface area contributed by atoms with E-state index in [-0.39, 0.29) is 10.7 Å². The normalized spacial score (nSPS) is 32.1. The Morgan fingerprint density at radius 2 is 2.20 bits per heavy atom. The molecule has 0 aromatic carbocycles. The minimum absolute atomic E-state index is 0.170. The molecule has 3 aliphatic heterocycles. The number of thioether (sulfide) groups is 1. The van der Waals surface area contributed by atoms with Crippen LogP contribution in [-0.2, 0) is 14.6 Å². The van der Waals surface area contributed by atoms with E-state index >= 15 is 0 Å². The third-order valence-electron chi connectivity index (χ3n) is 5.12. The fraction of sp³-hybridized carbons (Fsp3) is 0.941. The summed E-state index contributed by atoms with van der Waals surface area (Å²) in [5, 5.41) is 3.55. The van der Waals surface area contributed by atoms with Gasteiger partial charge in [-0.1, -0.05) is 0 Å². The number of rotatable bonds is 4. The molecule has 3 fully saturated rings. The van der Waals surface area contributed by atoms with Crippen LogP contribution in [-0.4, -0.2) is 80.7 Å². The lowest BCUT2D eigenvalue weighted by Crippen LogP contribution is -2.51. The Morgan fingerprint density at radius 3 is 2.84 bits per heavy atom.